The van der Waals surface area contributed by atoms with Gasteiger partial charge in [0.1, 0.15) is 6.10 Å². The van der Waals surface area contributed by atoms with Crippen molar-refractivity contribution in [1.82, 2.24) is 0 Å². The summed E-state index contributed by atoms with van der Waals surface area (Å²) in [5.41, 5.74) is 0. The minimum absolute atomic E-state index is 0.0385. The Bertz CT molecular complexity index is 248. The normalized spacial score (nSPS) is 35.7. The molecular weight excluding hydrogens is 204 g/mol. The summed E-state index contributed by atoms with van der Waals surface area (Å²) < 4.78 is 5.21. The summed E-state index contributed by atoms with van der Waals surface area (Å²) in [5, 5.41) is 9.81. The molecule has 92 valence electrons. The molecule has 1 aliphatic heterocycles. The Morgan fingerprint density at radius 3 is 2.75 bits per heavy atom. The molecule has 3 heteroatoms. The van der Waals surface area contributed by atoms with Crippen molar-refractivity contribution >= 4 is 5.97 Å². The number of hydrogen-bond donors (Lipinski definition) is 1. The molecule has 0 spiro atoms. The lowest BCUT2D eigenvalue weighted by molar-refractivity contribution is -0.148. The van der Waals surface area contributed by atoms with Crippen LogP contribution in [-0.2, 0) is 9.53 Å². The molecule has 3 atom stereocenters. The molecule has 0 aromatic heterocycles. The second-order valence-corrected chi connectivity index (χ2v) is 4.68. The van der Waals surface area contributed by atoms with E-state index in [1.165, 1.54) is 0 Å². The highest BCUT2D eigenvalue weighted by molar-refractivity contribution is 5.69. The summed E-state index contributed by atoms with van der Waals surface area (Å²) in [7, 11) is 0. The Balaban J connectivity index is 2.54. The largest absolute Gasteiger partial charge is 0.462 e. The summed E-state index contributed by atoms with van der Waals surface area (Å²) in [5.74, 6) is 0.114. The fourth-order valence-electron chi connectivity index (χ4n) is 1.83. The Hall–Kier alpha value is -0.830. The van der Waals surface area contributed by atoms with Gasteiger partial charge in [-0.25, -0.2) is 0 Å². The quantitative estimate of drug-likeness (QED) is 0.509. The van der Waals surface area contributed by atoms with Crippen molar-refractivity contribution in [2.75, 3.05) is 0 Å². The maximum Gasteiger partial charge on any atom is 0.306 e. The van der Waals surface area contributed by atoms with Gasteiger partial charge in [0.2, 0.25) is 0 Å². The average molecular weight is 226 g/mol. The van der Waals surface area contributed by atoms with Crippen molar-refractivity contribution in [3.63, 3.8) is 0 Å². The zero-order chi connectivity index (χ0) is 12.0. The molecule has 1 heterocycles. The predicted octanol–water partition coefficient (Wildman–Crippen LogP) is 2.44. The van der Waals surface area contributed by atoms with Gasteiger partial charge >= 0.3 is 5.97 Å². The second-order valence-electron chi connectivity index (χ2n) is 4.68. The summed E-state index contributed by atoms with van der Waals surface area (Å²) in [4.78, 5) is 11.4. The van der Waals surface area contributed by atoms with Crippen LogP contribution in [0.1, 0.15) is 46.0 Å². The number of rotatable bonds is 0. The number of hydrogen-bond acceptors (Lipinski definition) is 3. The van der Waals surface area contributed by atoms with Gasteiger partial charge in [-0.05, 0) is 32.1 Å². The third-order valence-corrected chi connectivity index (χ3v) is 3.01. The van der Waals surface area contributed by atoms with Crippen LogP contribution in [-0.4, -0.2) is 23.3 Å². The van der Waals surface area contributed by atoms with Gasteiger partial charge in [0.25, 0.3) is 0 Å². The lowest BCUT2D eigenvalue weighted by Gasteiger charge is -2.18. The van der Waals surface area contributed by atoms with Crippen LogP contribution in [0.4, 0.5) is 0 Å². The van der Waals surface area contributed by atoms with E-state index >= 15 is 0 Å². The highest BCUT2D eigenvalue weighted by Gasteiger charge is 2.15. The molecule has 0 saturated heterocycles. The molecule has 1 N–H and O–H groups in total. The van der Waals surface area contributed by atoms with E-state index < -0.39 is 0 Å². The molecule has 0 aromatic rings. The lowest BCUT2D eigenvalue weighted by atomic mass is 9.96. The van der Waals surface area contributed by atoms with Gasteiger partial charge in [0.05, 0.1) is 6.10 Å². The summed E-state index contributed by atoms with van der Waals surface area (Å²) in [6.45, 7) is 3.95. The van der Waals surface area contributed by atoms with Gasteiger partial charge in [-0.2, -0.15) is 0 Å². The molecule has 0 amide bonds. The minimum Gasteiger partial charge on any atom is -0.462 e. The van der Waals surface area contributed by atoms with Crippen molar-refractivity contribution in [2.45, 2.75) is 58.2 Å². The molecule has 1 aliphatic rings. The van der Waals surface area contributed by atoms with E-state index in [0.29, 0.717) is 19.3 Å². The van der Waals surface area contributed by atoms with Crippen LogP contribution in [0.2, 0.25) is 0 Å². The number of aliphatic hydroxyl groups is 1. The number of carbonyl (C=O) groups is 1. The molecule has 1 rings (SSSR count). The van der Waals surface area contributed by atoms with E-state index in [0.717, 1.165) is 12.8 Å². The van der Waals surface area contributed by atoms with E-state index in [1.54, 1.807) is 0 Å². The van der Waals surface area contributed by atoms with E-state index in [-0.39, 0.29) is 24.1 Å². The fraction of sp³-hybridized carbons (Fsp3) is 0.769. The molecule has 3 nitrogen and oxygen atoms in total. The number of cyclic esters (lactones) is 1. The molecule has 0 radical (unpaired) electrons. The zero-order valence-electron chi connectivity index (χ0n) is 10.2. The van der Waals surface area contributed by atoms with Crippen molar-refractivity contribution in [1.29, 1.82) is 0 Å². The van der Waals surface area contributed by atoms with E-state index in [9.17, 15) is 9.90 Å². The first-order valence-electron chi connectivity index (χ1n) is 6.12. The summed E-state index contributed by atoms with van der Waals surface area (Å²) >= 11 is 0. The number of carbonyl (C=O) groups excluding carboxylic acids is 1. The number of esters is 1. The van der Waals surface area contributed by atoms with Crippen LogP contribution in [0.15, 0.2) is 12.2 Å². The molecule has 0 unspecified atom stereocenters. The van der Waals surface area contributed by atoms with Crippen LogP contribution in [0.3, 0.4) is 0 Å². The predicted molar refractivity (Wildman–Crippen MR) is 62.9 cm³/mol. The van der Waals surface area contributed by atoms with Gasteiger partial charge in [-0.3, -0.25) is 4.79 Å². The molecule has 16 heavy (non-hydrogen) atoms. The highest BCUT2D eigenvalue weighted by Crippen LogP contribution is 2.16. The second kappa shape index (κ2) is 6.69. The zero-order valence-corrected chi connectivity index (χ0v) is 10.2. The third-order valence-electron chi connectivity index (χ3n) is 3.01. The van der Waals surface area contributed by atoms with Gasteiger partial charge in [0, 0.05) is 12.8 Å². The first-order chi connectivity index (χ1) is 7.59. The Labute approximate surface area is 97.5 Å². The maximum atomic E-state index is 11.4. The SMILES string of the molecule is C[C@H]1C/C=C/C[C@H](C)[C@@H](O)CCCC(=O)O1. The Morgan fingerprint density at radius 1 is 1.31 bits per heavy atom. The molecule has 0 aliphatic carbocycles. The average Bonchev–Trinajstić information content (AvgIpc) is 2.22. The third kappa shape index (κ3) is 4.79. The van der Waals surface area contributed by atoms with Crippen LogP contribution < -0.4 is 0 Å². The first-order valence-corrected chi connectivity index (χ1v) is 6.12. The van der Waals surface area contributed by atoms with Gasteiger partial charge < -0.3 is 9.84 Å². The Kier molecular flexibility index (Phi) is 5.53. The smallest absolute Gasteiger partial charge is 0.306 e. The summed E-state index contributed by atoms with van der Waals surface area (Å²) in [6, 6.07) is 0. The summed E-state index contributed by atoms with van der Waals surface area (Å²) in [6.07, 6.45) is 7.20. The van der Waals surface area contributed by atoms with Crippen molar-refractivity contribution in [3.05, 3.63) is 12.2 Å². The van der Waals surface area contributed by atoms with Crippen molar-refractivity contribution < 1.29 is 14.6 Å². The molecule has 0 bridgehead atoms. The van der Waals surface area contributed by atoms with Crippen molar-refractivity contribution in [2.24, 2.45) is 5.92 Å². The van der Waals surface area contributed by atoms with Crippen LogP contribution in [0, 0.1) is 5.92 Å². The molecular formula is C13H22O3. The van der Waals surface area contributed by atoms with Crippen LogP contribution in [0.5, 0.6) is 0 Å². The molecule has 0 aromatic carbocycles. The van der Waals surface area contributed by atoms with E-state index in [4.69, 9.17) is 4.74 Å². The van der Waals surface area contributed by atoms with Crippen LogP contribution in [0.25, 0.3) is 0 Å². The van der Waals surface area contributed by atoms with Gasteiger partial charge in [-0.15, -0.1) is 0 Å². The van der Waals surface area contributed by atoms with Crippen LogP contribution >= 0.6 is 0 Å². The van der Waals surface area contributed by atoms with Crippen molar-refractivity contribution in [3.8, 4) is 0 Å². The number of aliphatic hydroxyl groups excluding tert-OH is 1. The minimum atomic E-state index is -0.311. The van der Waals surface area contributed by atoms with E-state index in [2.05, 4.69) is 6.08 Å². The number of ether oxygens (including phenoxy) is 1. The Morgan fingerprint density at radius 2 is 2.00 bits per heavy atom. The fourth-order valence-corrected chi connectivity index (χ4v) is 1.83. The lowest BCUT2D eigenvalue weighted by Crippen LogP contribution is -2.19. The standard InChI is InChI=1S/C13H22O3/c1-10-6-3-4-7-11(2)16-13(15)9-5-8-12(10)14/h3-4,10-12,14H,5-9H2,1-2H3/b4-3+/t10-,11-,12-/m0/s1. The molecule has 0 fully saturated rings. The monoisotopic (exact) mass is 226 g/mol. The highest BCUT2D eigenvalue weighted by atomic mass is 16.5. The van der Waals surface area contributed by atoms with Gasteiger partial charge in [0.15, 0.2) is 0 Å². The van der Waals surface area contributed by atoms with Gasteiger partial charge in [-0.1, -0.05) is 19.1 Å². The maximum absolute atomic E-state index is 11.4. The first kappa shape index (κ1) is 13.2. The molecule has 0 saturated carbocycles. The number of allylic oxidation sites excluding steroid dienone is 1. The topological polar surface area (TPSA) is 46.5 Å². The van der Waals surface area contributed by atoms with E-state index in [1.807, 2.05) is 19.9 Å².